The van der Waals surface area contributed by atoms with Crippen LogP contribution in [0.25, 0.3) is 21.7 Å². The van der Waals surface area contributed by atoms with Crippen LogP contribution in [0.4, 0.5) is 4.39 Å². The predicted molar refractivity (Wildman–Crippen MR) is 133 cm³/mol. The molecule has 1 aliphatic rings. The first-order valence-corrected chi connectivity index (χ1v) is 11.9. The number of phenolic OH excluding ortho intramolecular Hbond substituents is 1. The highest BCUT2D eigenvalue weighted by Gasteiger charge is 2.34. The SMILES string of the molecule is CCOC(=O)c1c(C)oc2c1c([C@H](c1ccc(F)cc1)N1CCN(C)CC1)c(O)c1ccccc12. The van der Waals surface area contributed by atoms with E-state index in [1.54, 1.807) is 26.0 Å². The van der Waals surface area contributed by atoms with Crippen LogP contribution in [-0.2, 0) is 4.74 Å². The van der Waals surface area contributed by atoms with Crippen molar-refractivity contribution < 1.29 is 23.4 Å². The molecular weight excluding hydrogens is 447 g/mol. The molecule has 2 heterocycles. The van der Waals surface area contributed by atoms with Gasteiger partial charge in [0, 0.05) is 47.9 Å². The average molecular weight is 477 g/mol. The van der Waals surface area contributed by atoms with E-state index in [0.717, 1.165) is 37.1 Å². The second-order valence-electron chi connectivity index (χ2n) is 9.06. The second kappa shape index (κ2) is 9.32. The zero-order valence-corrected chi connectivity index (χ0v) is 20.2. The van der Waals surface area contributed by atoms with Gasteiger partial charge in [-0.2, -0.15) is 0 Å². The highest BCUT2D eigenvalue weighted by molar-refractivity contribution is 6.16. The third-order valence-electron chi connectivity index (χ3n) is 6.88. The van der Waals surface area contributed by atoms with Crippen LogP contribution in [0.3, 0.4) is 0 Å². The molecule has 1 fully saturated rings. The van der Waals surface area contributed by atoms with Gasteiger partial charge < -0.3 is 19.2 Å². The molecule has 182 valence electrons. The molecule has 7 heteroatoms. The first-order valence-electron chi connectivity index (χ1n) is 11.9. The Balaban J connectivity index is 1.87. The van der Waals surface area contributed by atoms with Gasteiger partial charge in [-0.3, -0.25) is 4.90 Å². The summed E-state index contributed by atoms with van der Waals surface area (Å²) in [6.45, 7) is 6.92. The van der Waals surface area contributed by atoms with Crippen molar-refractivity contribution in [3.8, 4) is 5.75 Å². The number of carbonyl (C=O) groups is 1. The third-order valence-corrected chi connectivity index (χ3v) is 6.88. The molecule has 3 aromatic carbocycles. The van der Waals surface area contributed by atoms with Crippen LogP contribution in [0.2, 0.25) is 0 Å². The minimum absolute atomic E-state index is 0.0905. The summed E-state index contributed by atoms with van der Waals surface area (Å²) in [5.74, 6) is -0.291. The number of furan rings is 1. The third kappa shape index (κ3) is 4.05. The first-order chi connectivity index (χ1) is 16.9. The summed E-state index contributed by atoms with van der Waals surface area (Å²) in [6.07, 6.45) is 0. The van der Waals surface area contributed by atoms with E-state index >= 15 is 0 Å². The Morgan fingerprint density at radius 3 is 2.40 bits per heavy atom. The van der Waals surface area contributed by atoms with Crippen LogP contribution in [0.1, 0.15) is 40.2 Å². The molecule has 0 bridgehead atoms. The van der Waals surface area contributed by atoms with Crippen molar-refractivity contribution >= 4 is 27.7 Å². The molecule has 0 unspecified atom stereocenters. The molecule has 0 radical (unpaired) electrons. The summed E-state index contributed by atoms with van der Waals surface area (Å²) >= 11 is 0. The number of phenols is 1. The summed E-state index contributed by atoms with van der Waals surface area (Å²) in [5, 5.41) is 13.7. The van der Waals surface area contributed by atoms with Gasteiger partial charge in [0.25, 0.3) is 0 Å². The minimum atomic E-state index is -0.490. The Hall–Kier alpha value is -3.42. The number of hydrogen-bond donors (Lipinski definition) is 1. The quantitative estimate of drug-likeness (QED) is 0.397. The van der Waals surface area contributed by atoms with Gasteiger partial charge in [0.1, 0.15) is 28.5 Å². The van der Waals surface area contributed by atoms with Crippen molar-refractivity contribution in [1.29, 1.82) is 0 Å². The second-order valence-corrected chi connectivity index (χ2v) is 9.06. The van der Waals surface area contributed by atoms with Gasteiger partial charge in [0.15, 0.2) is 0 Å². The summed E-state index contributed by atoms with van der Waals surface area (Å²) in [5.41, 5.74) is 2.26. The number of rotatable bonds is 5. The van der Waals surface area contributed by atoms with E-state index in [0.29, 0.717) is 33.2 Å². The maximum Gasteiger partial charge on any atom is 0.342 e. The molecule has 0 spiro atoms. The van der Waals surface area contributed by atoms with E-state index in [9.17, 15) is 14.3 Å². The monoisotopic (exact) mass is 476 g/mol. The standard InChI is InChI=1S/C28H29FN2O4/c1-4-34-28(33)22-17(2)35-27-21-8-6-5-7-20(21)26(32)24(23(22)27)25(18-9-11-19(29)12-10-18)31-15-13-30(3)14-16-31/h5-12,25,32H,4,13-16H2,1-3H3/t25-/m0/s1. The molecule has 1 aromatic heterocycles. The number of nitrogens with zero attached hydrogens (tertiary/aromatic N) is 2. The Labute approximate surface area is 203 Å². The normalized spacial score (nSPS) is 16.1. The van der Waals surface area contributed by atoms with Gasteiger partial charge in [-0.05, 0) is 38.6 Å². The van der Waals surface area contributed by atoms with Gasteiger partial charge in [0.05, 0.1) is 12.6 Å². The van der Waals surface area contributed by atoms with E-state index in [1.807, 2.05) is 24.3 Å². The van der Waals surface area contributed by atoms with Crippen molar-refractivity contribution in [3.05, 3.63) is 76.8 Å². The number of aromatic hydroxyl groups is 1. The fourth-order valence-corrected chi connectivity index (χ4v) is 5.14. The van der Waals surface area contributed by atoms with Crippen molar-refractivity contribution in [1.82, 2.24) is 9.80 Å². The number of benzene rings is 3. The molecule has 5 rings (SSSR count). The maximum absolute atomic E-state index is 13.9. The zero-order chi connectivity index (χ0) is 24.7. The van der Waals surface area contributed by atoms with Crippen LogP contribution in [0.15, 0.2) is 52.9 Å². The van der Waals surface area contributed by atoms with Crippen LogP contribution in [-0.4, -0.2) is 60.7 Å². The fraction of sp³-hybridized carbons (Fsp3) is 0.321. The molecule has 6 nitrogen and oxygen atoms in total. The highest BCUT2D eigenvalue weighted by Crippen LogP contribution is 2.47. The number of carbonyl (C=O) groups excluding carboxylic acids is 1. The van der Waals surface area contributed by atoms with Crippen molar-refractivity contribution in [3.63, 3.8) is 0 Å². The number of esters is 1. The van der Waals surface area contributed by atoms with Crippen LogP contribution in [0.5, 0.6) is 5.75 Å². The van der Waals surface area contributed by atoms with Crippen molar-refractivity contribution in [2.75, 3.05) is 39.8 Å². The van der Waals surface area contributed by atoms with Crippen molar-refractivity contribution in [2.24, 2.45) is 0 Å². The molecule has 0 saturated carbocycles. The lowest BCUT2D eigenvalue weighted by Gasteiger charge is -2.39. The number of piperazine rings is 1. The van der Waals surface area contributed by atoms with Gasteiger partial charge in [-0.15, -0.1) is 0 Å². The molecule has 0 amide bonds. The van der Waals surface area contributed by atoms with E-state index in [2.05, 4.69) is 16.8 Å². The Bertz CT molecular complexity index is 1390. The van der Waals surface area contributed by atoms with Gasteiger partial charge in [0.2, 0.25) is 0 Å². The zero-order valence-electron chi connectivity index (χ0n) is 20.2. The molecule has 4 aromatic rings. The fourth-order valence-electron chi connectivity index (χ4n) is 5.14. The summed E-state index contributed by atoms with van der Waals surface area (Å²) in [7, 11) is 2.08. The lowest BCUT2D eigenvalue weighted by molar-refractivity contribution is 0.0526. The molecule has 1 saturated heterocycles. The van der Waals surface area contributed by atoms with E-state index in [4.69, 9.17) is 9.15 Å². The van der Waals surface area contributed by atoms with Gasteiger partial charge in [-0.25, -0.2) is 9.18 Å². The van der Waals surface area contributed by atoms with Crippen LogP contribution in [0, 0.1) is 12.7 Å². The first kappa shape index (κ1) is 23.3. The lowest BCUT2D eigenvalue weighted by atomic mass is 9.88. The molecule has 1 aliphatic heterocycles. The molecule has 1 atom stereocenters. The molecule has 0 aliphatic carbocycles. The topological polar surface area (TPSA) is 66.2 Å². The Morgan fingerprint density at radius 2 is 1.74 bits per heavy atom. The number of hydrogen-bond acceptors (Lipinski definition) is 6. The number of aryl methyl sites for hydroxylation is 1. The molecule has 35 heavy (non-hydrogen) atoms. The van der Waals surface area contributed by atoms with Crippen molar-refractivity contribution in [2.45, 2.75) is 19.9 Å². The Kier molecular flexibility index (Phi) is 6.21. The number of halogens is 1. The minimum Gasteiger partial charge on any atom is -0.507 e. The maximum atomic E-state index is 13.9. The lowest BCUT2D eigenvalue weighted by Crippen LogP contribution is -2.46. The predicted octanol–water partition coefficient (Wildman–Crippen LogP) is 5.25. The van der Waals surface area contributed by atoms with E-state index < -0.39 is 12.0 Å². The van der Waals surface area contributed by atoms with Crippen LogP contribution < -0.4 is 0 Å². The number of ether oxygens (including phenoxy) is 1. The summed E-state index contributed by atoms with van der Waals surface area (Å²) in [6, 6.07) is 13.4. The summed E-state index contributed by atoms with van der Waals surface area (Å²) < 4.78 is 25.5. The van der Waals surface area contributed by atoms with Gasteiger partial charge in [-0.1, -0.05) is 36.4 Å². The molecular formula is C28H29FN2O4. The largest absolute Gasteiger partial charge is 0.507 e. The van der Waals surface area contributed by atoms with Gasteiger partial charge >= 0.3 is 5.97 Å². The van der Waals surface area contributed by atoms with E-state index in [1.165, 1.54) is 12.1 Å². The smallest absolute Gasteiger partial charge is 0.342 e. The Morgan fingerprint density at radius 1 is 1.09 bits per heavy atom. The number of likely N-dealkylation sites (N-methyl/N-ethyl adjacent to an activating group) is 1. The van der Waals surface area contributed by atoms with Crippen LogP contribution >= 0.6 is 0 Å². The highest BCUT2D eigenvalue weighted by atomic mass is 19.1. The van der Waals surface area contributed by atoms with E-state index in [-0.39, 0.29) is 18.2 Å². The molecule has 1 N–H and O–H groups in total. The summed E-state index contributed by atoms with van der Waals surface area (Å²) in [4.78, 5) is 17.7. The number of fused-ring (bicyclic) bond motifs is 3. The average Bonchev–Trinajstić information content (AvgIpc) is 3.20.